The monoisotopic (exact) mass is 372 g/mol. The van der Waals surface area contributed by atoms with Crippen molar-refractivity contribution in [1.82, 2.24) is 15.1 Å². The lowest BCUT2D eigenvalue weighted by molar-refractivity contribution is -0.138. The van der Waals surface area contributed by atoms with Gasteiger partial charge in [0, 0.05) is 23.7 Å². The van der Waals surface area contributed by atoms with E-state index in [0.717, 1.165) is 6.07 Å². The Labute approximate surface area is 149 Å². The SMILES string of the molecule is Cc1cc([N+]2(CC(C)(C)C)C(=O)NC23NC=CS3)ccc1C(F)(F)F. The first-order valence-electron chi connectivity index (χ1n) is 7.91. The van der Waals surface area contributed by atoms with Gasteiger partial charge in [0.25, 0.3) is 0 Å². The molecule has 1 fully saturated rings. The highest BCUT2D eigenvalue weighted by molar-refractivity contribution is 8.03. The largest absolute Gasteiger partial charge is 0.433 e. The molecule has 8 heteroatoms. The average molecular weight is 372 g/mol. The van der Waals surface area contributed by atoms with Crippen LogP contribution in [-0.2, 0) is 6.18 Å². The van der Waals surface area contributed by atoms with Gasteiger partial charge in [0.2, 0.25) is 0 Å². The number of nitrogens with one attached hydrogen (secondary N) is 2. The molecule has 0 bridgehead atoms. The number of alkyl halides is 3. The molecule has 3 rings (SSSR count). The average Bonchev–Trinajstić information content (AvgIpc) is 2.93. The van der Waals surface area contributed by atoms with Gasteiger partial charge in [-0.25, -0.2) is 10.1 Å². The Morgan fingerprint density at radius 3 is 2.36 bits per heavy atom. The summed E-state index contributed by atoms with van der Waals surface area (Å²) in [6, 6.07) is 3.75. The number of hydrogen-bond acceptors (Lipinski definition) is 3. The van der Waals surface area contributed by atoms with Gasteiger partial charge < -0.3 is 5.32 Å². The van der Waals surface area contributed by atoms with Crippen molar-refractivity contribution in [3.05, 3.63) is 40.9 Å². The van der Waals surface area contributed by atoms with E-state index in [-0.39, 0.29) is 21.5 Å². The van der Waals surface area contributed by atoms with Gasteiger partial charge >= 0.3 is 17.3 Å². The molecule has 1 aromatic rings. The molecule has 2 amide bonds. The van der Waals surface area contributed by atoms with E-state index in [2.05, 4.69) is 10.6 Å². The fourth-order valence-corrected chi connectivity index (χ4v) is 4.54. The van der Waals surface area contributed by atoms with E-state index in [1.807, 2.05) is 26.2 Å². The summed E-state index contributed by atoms with van der Waals surface area (Å²) < 4.78 is 39.2. The quantitative estimate of drug-likeness (QED) is 0.751. The topological polar surface area (TPSA) is 41.1 Å². The van der Waals surface area contributed by atoms with E-state index in [9.17, 15) is 18.0 Å². The van der Waals surface area contributed by atoms with Gasteiger partial charge in [-0.05, 0) is 35.7 Å². The molecular weight excluding hydrogens is 351 g/mol. The second-order valence-corrected chi connectivity index (χ2v) is 8.76. The zero-order valence-electron chi connectivity index (χ0n) is 14.5. The van der Waals surface area contributed by atoms with E-state index in [0.29, 0.717) is 12.2 Å². The molecule has 2 atom stereocenters. The summed E-state index contributed by atoms with van der Waals surface area (Å²) >= 11 is 1.42. The van der Waals surface area contributed by atoms with E-state index in [1.165, 1.54) is 30.8 Å². The fraction of sp³-hybridized carbons (Fsp3) is 0.471. The molecule has 0 saturated carbocycles. The molecule has 1 aromatic carbocycles. The van der Waals surface area contributed by atoms with Crippen molar-refractivity contribution >= 4 is 23.5 Å². The van der Waals surface area contributed by atoms with Crippen LogP contribution in [0, 0.1) is 12.3 Å². The van der Waals surface area contributed by atoms with Crippen LogP contribution in [0.1, 0.15) is 31.9 Å². The first-order valence-corrected chi connectivity index (χ1v) is 8.79. The molecule has 0 aromatic heterocycles. The van der Waals surface area contributed by atoms with Crippen LogP contribution in [0.2, 0.25) is 0 Å². The third-order valence-electron chi connectivity index (χ3n) is 4.41. The predicted molar refractivity (Wildman–Crippen MR) is 93.4 cm³/mol. The lowest BCUT2D eigenvalue weighted by Crippen LogP contribution is -2.91. The second kappa shape index (κ2) is 5.41. The lowest BCUT2D eigenvalue weighted by atomic mass is 9.92. The number of urea groups is 1. The maximum absolute atomic E-state index is 13.1. The Bertz CT molecular complexity index is 746. The summed E-state index contributed by atoms with van der Waals surface area (Å²) in [5.74, 6) is 0. The molecule has 2 heterocycles. The number of carbonyl (C=O) groups is 1. The number of nitrogens with zero attached hydrogens (tertiary/aromatic N) is 1. The summed E-state index contributed by atoms with van der Waals surface area (Å²) in [4.78, 5) is 12.7. The zero-order valence-corrected chi connectivity index (χ0v) is 15.3. The van der Waals surface area contributed by atoms with Crippen LogP contribution in [0.5, 0.6) is 0 Å². The van der Waals surface area contributed by atoms with Gasteiger partial charge in [0.1, 0.15) is 12.2 Å². The molecule has 2 N–H and O–H groups in total. The highest BCUT2D eigenvalue weighted by atomic mass is 32.2. The Hall–Kier alpha value is -1.67. The Morgan fingerprint density at radius 1 is 1.24 bits per heavy atom. The van der Waals surface area contributed by atoms with Gasteiger partial charge in [-0.2, -0.15) is 17.7 Å². The molecular formula is C17H21F3N3OS+. The fourth-order valence-electron chi connectivity index (χ4n) is 3.49. The van der Waals surface area contributed by atoms with E-state index in [1.54, 1.807) is 6.20 Å². The summed E-state index contributed by atoms with van der Waals surface area (Å²) in [5, 5.41) is 7.10. The summed E-state index contributed by atoms with van der Waals surface area (Å²) in [6.07, 6.45) is -2.66. The zero-order chi connectivity index (χ0) is 18.7. The molecule has 0 radical (unpaired) electrons. The molecule has 1 spiro atoms. The minimum atomic E-state index is -4.41. The van der Waals surface area contributed by atoms with Crippen LogP contribution in [0.25, 0.3) is 0 Å². The van der Waals surface area contributed by atoms with Gasteiger partial charge in [0.05, 0.1) is 5.56 Å². The molecule has 1 saturated heterocycles. The number of thioether (sulfide) groups is 1. The maximum Gasteiger partial charge on any atom is 0.433 e. The number of benzene rings is 1. The number of aryl methyl sites for hydroxylation is 1. The van der Waals surface area contributed by atoms with Crippen molar-refractivity contribution in [2.45, 2.75) is 39.0 Å². The van der Waals surface area contributed by atoms with Gasteiger partial charge in [-0.1, -0.05) is 20.8 Å². The summed E-state index contributed by atoms with van der Waals surface area (Å²) in [7, 11) is 0. The van der Waals surface area contributed by atoms with Crippen molar-refractivity contribution in [3.8, 4) is 0 Å². The molecule has 4 nitrogen and oxygen atoms in total. The number of amides is 2. The minimum Gasteiger partial charge on any atom is -0.311 e. The van der Waals surface area contributed by atoms with Crippen molar-refractivity contribution < 1.29 is 18.0 Å². The van der Waals surface area contributed by atoms with Gasteiger partial charge in [-0.3, -0.25) is 0 Å². The van der Waals surface area contributed by atoms with Crippen LogP contribution in [-0.4, -0.2) is 17.7 Å². The Kier molecular flexibility index (Phi) is 3.92. The number of halogens is 3. The van der Waals surface area contributed by atoms with E-state index < -0.39 is 16.9 Å². The third kappa shape index (κ3) is 2.71. The van der Waals surface area contributed by atoms with Crippen LogP contribution in [0.4, 0.5) is 23.7 Å². The molecule has 25 heavy (non-hydrogen) atoms. The van der Waals surface area contributed by atoms with Crippen molar-refractivity contribution in [2.24, 2.45) is 5.41 Å². The van der Waals surface area contributed by atoms with Crippen LogP contribution in [0.15, 0.2) is 29.8 Å². The standard InChI is InChI=1S/C17H20F3N3OS/c1-11-9-12(5-6-13(11)16(18,19)20)23(10-15(2,3)4)14(24)22-17(23)21-7-8-25-17/h5-9,21H,10H2,1-4H3/p+1. The third-order valence-corrected chi connectivity index (χ3v) is 5.56. The number of rotatable bonds is 2. The van der Waals surface area contributed by atoms with Crippen molar-refractivity contribution in [2.75, 3.05) is 6.54 Å². The second-order valence-electron chi connectivity index (χ2n) is 7.66. The van der Waals surface area contributed by atoms with Crippen molar-refractivity contribution in [1.29, 1.82) is 0 Å². The number of carbonyl (C=O) groups excluding carboxylic acids is 1. The minimum absolute atomic E-state index is 0.0901. The summed E-state index contributed by atoms with van der Waals surface area (Å²) in [6.45, 7) is 7.91. The van der Waals surface area contributed by atoms with Gasteiger partial charge in [0.15, 0.2) is 0 Å². The lowest BCUT2D eigenvalue weighted by Gasteiger charge is -2.56. The van der Waals surface area contributed by atoms with Gasteiger partial charge in [-0.15, -0.1) is 0 Å². The highest BCUT2D eigenvalue weighted by Crippen LogP contribution is 2.49. The first kappa shape index (κ1) is 18.1. The van der Waals surface area contributed by atoms with E-state index >= 15 is 0 Å². The predicted octanol–water partition coefficient (Wildman–Crippen LogP) is 4.51. The molecule has 136 valence electrons. The molecule has 2 unspecified atom stereocenters. The summed E-state index contributed by atoms with van der Waals surface area (Å²) in [5.41, 5.74) is -0.230. The van der Waals surface area contributed by atoms with Crippen LogP contribution in [0.3, 0.4) is 0 Å². The molecule has 2 aliphatic heterocycles. The Balaban J connectivity index is 2.14. The highest BCUT2D eigenvalue weighted by Gasteiger charge is 2.71. The molecule has 2 aliphatic rings. The normalized spacial score (nSPS) is 28.7. The van der Waals surface area contributed by atoms with E-state index in [4.69, 9.17) is 0 Å². The number of quaternary nitrogens is 1. The van der Waals surface area contributed by atoms with Crippen LogP contribution < -0.4 is 15.1 Å². The van der Waals surface area contributed by atoms with Crippen molar-refractivity contribution in [3.63, 3.8) is 0 Å². The van der Waals surface area contributed by atoms with Crippen LogP contribution >= 0.6 is 11.8 Å². The molecule has 0 aliphatic carbocycles. The Morgan fingerprint density at radius 2 is 1.92 bits per heavy atom. The first-order chi connectivity index (χ1) is 11.4. The number of hydrogen-bond donors (Lipinski definition) is 2. The maximum atomic E-state index is 13.1. The smallest absolute Gasteiger partial charge is 0.311 e.